The predicted octanol–water partition coefficient (Wildman–Crippen LogP) is 5.30. The molecule has 0 radical (unpaired) electrons. The van der Waals surface area contributed by atoms with Crippen molar-refractivity contribution in [3.8, 4) is 11.5 Å². The van der Waals surface area contributed by atoms with Gasteiger partial charge in [0.1, 0.15) is 0 Å². The normalized spacial score (nSPS) is 14.7. The summed E-state index contributed by atoms with van der Waals surface area (Å²) in [7, 11) is 1.56. The van der Waals surface area contributed by atoms with Gasteiger partial charge < -0.3 is 30.4 Å². The van der Waals surface area contributed by atoms with Crippen LogP contribution in [0.3, 0.4) is 0 Å². The predicted molar refractivity (Wildman–Crippen MR) is 150 cm³/mol. The molecule has 7 nitrogen and oxygen atoms in total. The first-order valence-electron chi connectivity index (χ1n) is 13.5. The van der Waals surface area contributed by atoms with Gasteiger partial charge in [-0.1, -0.05) is 40.2 Å². The molecule has 0 aliphatic rings. The van der Waals surface area contributed by atoms with Gasteiger partial charge in [0, 0.05) is 38.6 Å². The third-order valence-electron chi connectivity index (χ3n) is 6.53. The molecule has 0 fully saturated rings. The average molecular weight is 585 g/mol. The summed E-state index contributed by atoms with van der Waals surface area (Å²) in [4.78, 5) is 12.3. The number of nitrogens with two attached hydrogens (primary N) is 1. The Hall–Kier alpha value is -1.75. The monoisotopic (exact) mass is 584 g/mol. The maximum Gasteiger partial charge on any atom is 0.422 e. The lowest BCUT2D eigenvalue weighted by molar-refractivity contribution is -0.153. The largest absolute Gasteiger partial charge is 0.490 e. The molecule has 0 aromatic heterocycles. The number of ether oxygens (including phenoxy) is 3. The van der Waals surface area contributed by atoms with Gasteiger partial charge in [-0.15, -0.1) is 12.4 Å². The van der Waals surface area contributed by atoms with E-state index < -0.39 is 24.9 Å². The molecule has 39 heavy (non-hydrogen) atoms. The van der Waals surface area contributed by atoms with Crippen molar-refractivity contribution in [1.82, 2.24) is 5.32 Å². The first kappa shape index (κ1) is 37.2. The Bertz CT molecular complexity index is 814. The average Bonchev–Trinajstić information content (AvgIpc) is 2.84. The summed E-state index contributed by atoms with van der Waals surface area (Å²) in [5, 5.41) is 13.6. The molecule has 1 aromatic rings. The number of carbonyl (C=O) groups is 1. The number of aliphatic hydroxyl groups excluding tert-OH is 1. The lowest BCUT2D eigenvalue weighted by atomic mass is 9.82. The van der Waals surface area contributed by atoms with Gasteiger partial charge in [0.2, 0.25) is 5.91 Å². The third kappa shape index (κ3) is 15.6. The number of alkyl halides is 3. The van der Waals surface area contributed by atoms with Crippen LogP contribution in [0.15, 0.2) is 18.2 Å². The van der Waals surface area contributed by atoms with E-state index in [0.717, 1.165) is 18.4 Å². The zero-order valence-electron chi connectivity index (χ0n) is 23.9. The minimum Gasteiger partial charge on any atom is -0.490 e. The maximum atomic E-state index is 12.7. The van der Waals surface area contributed by atoms with Gasteiger partial charge in [-0.3, -0.25) is 4.79 Å². The number of rotatable bonds is 19. The summed E-state index contributed by atoms with van der Waals surface area (Å²) in [6, 6.07) is 4.41. The number of nitrogens with one attached hydrogen (secondary N) is 1. The van der Waals surface area contributed by atoms with E-state index in [-0.39, 0.29) is 60.6 Å². The Balaban J connectivity index is 0.0000144. The van der Waals surface area contributed by atoms with Crippen molar-refractivity contribution in [2.75, 3.05) is 33.5 Å². The van der Waals surface area contributed by atoms with Gasteiger partial charge in [-0.05, 0) is 55.2 Å². The number of aliphatic hydroxyl groups is 1. The minimum absolute atomic E-state index is 0. The number of carbonyl (C=O) groups excluding carboxylic acids is 1. The molecule has 0 aliphatic carbocycles. The number of benzene rings is 1. The van der Waals surface area contributed by atoms with Crippen LogP contribution in [0.4, 0.5) is 13.2 Å². The second-order valence-corrected chi connectivity index (χ2v) is 10.3. The van der Waals surface area contributed by atoms with Gasteiger partial charge in [-0.2, -0.15) is 13.2 Å². The molecule has 228 valence electrons. The van der Waals surface area contributed by atoms with E-state index in [1.807, 2.05) is 0 Å². The molecule has 4 atom stereocenters. The molecule has 0 heterocycles. The molecule has 11 heteroatoms. The molecule has 0 saturated heterocycles. The van der Waals surface area contributed by atoms with Crippen molar-refractivity contribution >= 4 is 18.3 Å². The van der Waals surface area contributed by atoms with Crippen LogP contribution in [0.5, 0.6) is 11.5 Å². The molecule has 0 aliphatic heterocycles. The second-order valence-electron chi connectivity index (χ2n) is 10.3. The zero-order valence-corrected chi connectivity index (χ0v) is 24.7. The summed E-state index contributed by atoms with van der Waals surface area (Å²) in [6.45, 7) is 7.92. The lowest BCUT2D eigenvalue weighted by Crippen LogP contribution is -2.41. The molecule has 1 amide bonds. The third-order valence-corrected chi connectivity index (χ3v) is 6.53. The Labute approximate surface area is 237 Å². The molecule has 0 bridgehead atoms. The molecule has 0 saturated carbocycles. The first-order chi connectivity index (χ1) is 17.9. The van der Waals surface area contributed by atoms with E-state index in [0.29, 0.717) is 32.4 Å². The summed E-state index contributed by atoms with van der Waals surface area (Å²) < 4.78 is 53.8. The fourth-order valence-corrected chi connectivity index (χ4v) is 4.06. The van der Waals surface area contributed by atoms with Crippen LogP contribution in [0.25, 0.3) is 0 Å². The highest BCUT2D eigenvalue weighted by Gasteiger charge is 2.29. The van der Waals surface area contributed by atoms with Crippen molar-refractivity contribution in [3.05, 3.63) is 23.8 Å². The minimum atomic E-state index is -4.46. The van der Waals surface area contributed by atoms with Crippen LogP contribution in [-0.4, -0.2) is 62.8 Å². The summed E-state index contributed by atoms with van der Waals surface area (Å²) in [5.74, 6) is 0.163. The molecule has 1 rings (SSSR count). The van der Waals surface area contributed by atoms with E-state index in [4.69, 9.17) is 19.9 Å². The lowest BCUT2D eigenvalue weighted by Gasteiger charge is -2.28. The SMILES string of the molecule is CCCCNC(=O)[C@H](C)C[C@H](O)[C@@H](N)C[C@H](Cc1ccc(OCC(F)(F)F)c(OCCCOC)c1)C(C)C.Cl. The molecule has 0 spiro atoms. The topological polar surface area (TPSA) is 103 Å². The number of amides is 1. The molecule has 0 unspecified atom stereocenters. The number of hydrogen-bond donors (Lipinski definition) is 3. The van der Waals surface area contributed by atoms with Crippen LogP contribution in [0.2, 0.25) is 0 Å². The maximum absolute atomic E-state index is 12.7. The van der Waals surface area contributed by atoms with E-state index in [2.05, 4.69) is 26.1 Å². The fourth-order valence-electron chi connectivity index (χ4n) is 4.06. The van der Waals surface area contributed by atoms with Gasteiger partial charge in [0.05, 0.1) is 12.7 Å². The zero-order chi connectivity index (χ0) is 28.7. The summed E-state index contributed by atoms with van der Waals surface area (Å²) in [5.41, 5.74) is 7.23. The highest BCUT2D eigenvalue weighted by atomic mass is 35.5. The van der Waals surface area contributed by atoms with Crippen molar-refractivity contribution < 1.29 is 37.3 Å². The van der Waals surface area contributed by atoms with Gasteiger partial charge in [0.15, 0.2) is 18.1 Å². The van der Waals surface area contributed by atoms with Crippen molar-refractivity contribution in [1.29, 1.82) is 0 Å². The highest BCUT2D eigenvalue weighted by molar-refractivity contribution is 5.85. The van der Waals surface area contributed by atoms with E-state index in [1.54, 1.807) is 26.2 Å². The Morgan fingerprint density at radius 3 is 2.36 bits per heavy atom. The van der Waals surface area contributed by atoms with Gasteiger partial charge in [-0.25, -0.2) is 0 Å². The number of methoxy groups -OCH3 is 1. The van der Waals surface area contributed by atoms with E-state index in [9.17, 15) is 23.1 Å². The Kier molecular flexibility index (Phi) is 18.5. The van der Waals surface area contributed by atoms with Crippen LogP contribution in [0, 0.1) is 17.8 Å². The van der Waals surface area contributed by atoms with E-state index in [1.165, 1.54) is 6.07 Å². The molecular formula is C28H48ClF3N2O5. The van der Waals surface area contributed by atoms with Crippen molar-refractivity contribution in [2.24, 2.45) is 23.5 Å². The second kappa shape index (κ2) is 19.3. The number of halogens is 4. The quantitative estimate of drug-likeness (QED) is 0.191. The standard InChI is InChI=1S/C28H47F3N2O5.ClH/c1-6-7-11-33-27(35)20(4)14-24(34)23(32)17-22(19(2)3)15-21-9-10-25(38-18-28(29,30)31)26(16-21)37-13-8-12-36-5;/h9-10,16,19-20,22-24,34H,6-8,11-15,17-18,32H2,1-5H3,(H,33,35);1H/t20-,22+,23+,24+;/m1./s1. The first-order valence-corrected chi connectivity index (χ1v) is 13.5. The van der Waals surface area contributed by atoms with Crippen LogP contribution < -0.4 is 20.5 Å². The smallest absolute Gasteiger partial charge is 0.422 e. The summed E-state index contributed by atoms with van der Waals surface area (Å²) in [6.07, 6.45) is -1.42. The molecule has 1 aromatic carbocycles. The summed E-state index contributed by atoms with van der Waals surface area (Å²) >= 11 is 0. The van der Waals surface area contributed by atoms with Crippen molar-refractivity contribution in [2.45, 2.75) is 84.5 Å². The van der Waals surface area contributed by atoms with Gasteiger partial charge in [0.25, 0.3) is 0 Å². The molecular weight excluding hydrogens is 537 g/mol. The number of unbranched alkanes of at least 4 members (excludes halogenated alkanes) is 1. The van der Waals surface area contributed by atoms with Gasteiger partial charge >= 0.3 is 6.18 Å². The fraction of sp³-hybridized carbons (Fsp3) is 0.750. The Morgan fingerprint density at radius 2 is 1.77 bits per heavy atom. The Morgan fingerprint density at radius 1 is 1.08 bits per heavy atom. The highest BCUT2D eigenvalue weighted by Crippen LogP contribution is 2.33. The van der Waals surface area contributed by atoms with Crippen LogP contribution in [0.1, 0.15) is 65.4 Å². The number of hydrogen-bond acceptors (Lipinski definition) is 6. The van der Waals surface area contributed by atoms with Crippen LogP contribution in [-0.2, 0) is 16.0 Å². The van der Waals surface area contributed by atoms with E-state index >= 15 is 0 Å². The van der Waals surface area contributed by atoms with Crippen molar-refractivity contribution in [3.63, 3.8) is 0 Å². The van der Waals surface area contributed by atoms with Crippen LogP contribution >= 0.6 is 12.4 Å². The molecule has 4 N–H and O–H groups in total.